The number of hydrogen-bond donors (Lipinski definition) is 1. The van der Waals surface area contributed by atoms with E-state index in [0.717, 1.165) is 16.0 Å². The van der Waals surface area contributed by atoms with Crippen molar-refractivity contribution in [3.63, 3.8) is 0 Å². The van der Waals surface area contributed by atoms with Gasteiger partial charge in [-0.25, -0.2) is 4.98 Å². The van der Waals surface area contributed by atoms with Crippen LogP contribution in [0.25, 0.3) is 10.2 Å². The van der Waals surface area contributed by atoms with Crippen LogP contribution in [-0.2, 0) is 0 Å². The van der Waals surface area contributed by atoms with Crippen LogP contribution in [0.15, 0.2) is 29.0 Å². The molecule has 0 atom stereocenters. The van der Waals surface area contributed by atoms with Crippen molar-refractivity contribution >= 4 is 43.9 Å². The summed E-state index contributed by atoms with van der Waals surface area (Å²) in [6.07, 6.45) is 0. The van der Waals surface area contributed by atoms with Crippen molar-refractivity contribution in [2.75, 3.05) is 12.1 Å². The summed E-state index contributed by atoms with van der Waals surface area (Å²) < 4.78 is 11.6. The number of carbonyl (C=O) groups excluding carboxylic acids is 1. The molecule has 0 radical (unpaired) electrons. The van der Waals surface area contributed by atoms with E-state index in [-0.39, 0.29) is 12.7 Å². The summed E-state index contributed by atoms with van der Waals surface area (Å²) in [6, 6.07) is 5.49. The van der Waals surface area contributed by atoms with Gasteiger partial charge in [0.25, 0.3) is 5.91 Å². The molecule has 1 aromatic carbocycles. The summed E-state index contributed by atoms with van der Waals surface area (Å²) in [5.74, 6) is 1.26. The maximum atomic E-state index is 12.0. The summed E-state index contributed by atoms with van der Waals surface area (Å²) in [7, 11) is 0. The molecule has 5 nitrogen and oxygen atoms in total. The lowest BCUT2D eigenvalue weighted by Gasteiger charge is -1.97. The van der Waals surface area contributed by atoms with Gasteiger partial charge in [-0.05, 0) is 11.4 Å². The SMILES string of the molecule is O=C(Nc1nc2cc3c(cc2s1)OCO3)c1ccsc1. The van der Waals surface area contributed by atoms with Gasteiger partial charge < -0.3 is 9.47 Å². The van der Waals surface area contributed by atoms with E-state index in [1.54, 1.807) is 11.4 Å². The molecule has 1 amide bonds. The van der Waals surface area contributed by atoms with E-state index in [9.17, 15) is 4.79 Å². The highest BCUT2D eigenvalue weighted by Crippen LogP contribution is 2.38. The second kappa shape index (κ2) is 4.46. The van der Waals surface area contributed by atoms with E-state index in [0.29, 0.717) is 16.4 Å². The first-order valence-electron chi connectivity index (χ1n) is 5.83. The van der Waals surface area contributed by atoms with E-state index in [2.05, 4.69) is 10.3 Å². The van der Waals surface area contributed by atoms with Crippen LogP contribution in [0.2, 0.25) is 0 Å². The van der Waals surface area contributed by atoms with Crippen molar-refractivity contribution in [3.05, 3.63) is 34.5 Å². The lowest BCUT2D eigenvalue weighted by molar-refractivity contribution is 0.102. The molecule has 0 unspecified atom stereocenters. The fourth-order valence-corrected chi connectivity index (χ4v) is 3.44. The number of hydrogen-bond acceptors (Lipinski definition) is 6. The Kier molecular flexibility index (Phi) is 2.61. The van der Waals surface area contributed by atoms with Crippen LogP contribution in [0.4, 0.5) is 5.13 Å². The van der Waals surface area contributed by atoms with E-state index in [1.807, 2.05) is 17.5 Å². The predicted molar refractivity (Wildman–Crippen MR) is 78.0 cm³/mol. The lowest BCUT2D eigenvalue weighted by Crippen LogP contribution is -2.10. The monoisotopic (exact) mass is 304 g/mol. The predicted octanol–water partition coefficient (Wildman–Crippen LogP) is 3.34. The summed E-state index contributed by atoms with van der Waals surface area (Å²) in [4.78, 5) is 16.4. The van der Waals surface area contributed by atoms with Crippen molar-refractivity contribution in [1.82, 2.24) is 4.98 Å². The van der Waals surface area contributed by atoms with Crippen LogP contribution in [-0.4, -0.2) is 17.7 Å². The van der Waals surface area contributed by atoms with E-state index in [1.165, 1.54) is 22.7 Å². The number of carbonyl (C=O) groups is 1. The third kappa shape index (κ3) is 1.91. The highest BCUT2D eigenvalue weighted by atomic mass is 32.1. The zero-order valence-corrected chi connectivity index (χ0v) is 11.7. The first kappa shape index (κ1) is 11.7. The Morgan fingerprint density at radius 3 is 2.95 bits per heavy atom. The Hall–Kier alpha value is -2.12. The van der Waals surface area contributed by atoms with Gasteiger partial charge >= 0.3 is 0 Å². The van der Waals surface area contributed by atoms with Crippen molar-refractivity contribution in [2.24, 2.45) is 0 Å². The zero-order chi connectivity index (χ0) is 13.5. The van der Waals surface area contributed by atoms with Gasteiger partial charge in [-0.15, -0.1) is 0 Å². The molecule has 0 bridgehead atoms. The fraction of sp³-hybridized carbons (Fsp3) is 0.0769. The average molecular weight is 304 g/mol. The number of ether oxygens (including phenoxy) is 2. The number of nitrogens with one attached hydrogen (secondary N) is 1. The molecule has 0 fully saturated rings. The highest BCUT2D eigenvalue weighted by Gasteiger charge is 2.17. The standard InChI is InChI=1S/C13H8N2O3S2/c16-12(7-1-2-19-5-7)15-13-14-8-3-9-10(18-6-17-9)4-11(8)20-13/h1-5H,6H2,(H,14,15,16). The van der Waals surface area contributed by atoms with E-state index < -0.39 is 0 Å². The first-order valence-corrected chi connectivity index (χ1v) is 7.59. The number of thiophene rings is 1. The topological polar surface area (TPSA) is 60.5 Å². The molecule has 4 rings (SSSR count). The second-order valence-electron chi connectivity index (χ2n) is 4.16. The molecule has 3 aromatic rings. The van der Waals surface area contributed by atoms with E-state index >= 15 is 0 Å². The van der Waals surface area contributed by atoms with Gasteiger partial charge in [0.15, 0.2) is 16.6 Å². The third-order valence-electron chi connectivity index (χ3n) is 2.89. The molecule has 1 aliphatic heterocycles. The van der Waals surface area contributed by atoms with Gasteiger partial charge in [-0.2, -0.15) is 11.3 Å². The maximum absolute atomic E-state index is 12.0. The fourth-order valence-electron chi connectivity index (χ4n) is 1.93. The second-order valence-corrected chi connectivity index (χ2v) is 5.97. The highest BCUT2D eigenvalue weighted by molar-refractivity contribution is 7.22. The summed E-state index contributed by atoms with van der Waals surface area (Å²) in [5, 5.41) is 7.04. The number of benzene rings is 1. The van der Waals surface area contributed by atoms with E-state index in [4.69, 9.17) is 9.47 Å². The van der Waals surface area contributed by atoms with Crippen LogP contribution in [0, 0.1) is 0 Å². The minimum Gasteiger partial charge on any atom is -0.454 e. The Morgan fingerprint density at radius 2 is 2.15 bits per heavy atom. The molecule has 0 saturated carbocycles. The van der Waals surface area contributed by atoms with Gasteiger partial charge in [0.1, 0.15) is 0 Å². The van der Waals surface area contributed by atoms with Crippen LogP contribution in [0.5, 0.6) is 11.5 Å². The third-order valence-corrected chi connectivity index (χ3v) is 4.50. The number of anilines is 1. The quantitative estimate of drug-likeness (QED) is 0.789. The van der Waals surface area contributed by atoms with Crippen LogP contribution in [0.3, 0.4) is 0 Å². The van der Waals surface area contributed by atoms with Crippen molar-refractivity contribution < 1.29 is 14.3 Å². The molecule has 1 aliphatic rings. The molecular formula is C13H8N2O3S2. The Bertz CT molecular complexity index is 754. The van der Waals surface area contributed by atoms with Crippen molar-refractivity contribution in [1.29, 1.82) is 0 Å². The number of rotatable bonds is 2. The molecule has 0 saturated heterocycles. The minimum absolute atomic E-state index is 0.148. The van der Waals surface area contributed by atoms with Gasteiger partial charge in [0.2, 0.25) is 6.79 Å². The summed E-state index contributed by atoms with van der Waals surface area (Å²) in [5.41, 5.74) is 1.43. The Labute approximate surface area is 121 Å². The van der Waals surface area contributed by atoms with Crippen LogP contribution >= 0.6 is 22.7 Å². The maximum Gasteiger partial charge on any atom is 0.258 e. The van der Waals surface area contributed by atoms with Crippen LogP contribution in [0.1, 0.15) is 10.4 Å². The molecular weight excluding hydrogens is 296 g/mol. The lowest BCUT2D eigenvalue weighted by atomic mass is 10.3. The van der Waals surface area contributed by atoms with Crippen molar-refractivity contribution in [3.8, 4) is 11.5 Å². The van der Waals surface area contributed by atoms with Crippen molar-refractivity contribution in [2.45, 2.75) is 0 Å². The molecule has 7 heteroatoms. The summed E-state index contributed by atoms with van der Waals surface area (Å²) in [6.45, 7) is 0.244. The first-order chi connectivity index (χ1) is 9.79. The number of thiazole rings is 1. The Morgan fingerprint density at radius 1 is 1.30 bits per heavy atom. The van der Waals surface area contributed by atoms with Gasteiger partial charge in [0, 0.05) is 17.5 Å². The number of nitrogens with zero attached hydrogens (tertiary/aromatic N) is 1. The van der Waals surface area contributed by atoms with Gasteiger partial charge in [-0.1, -0.05) is 11.3 Å². The number of aromatic nitrogens is 1. The van der Waals surface area contributed by atoms with Gasteiger partial charge in [0.05, 0.1) is 15.8 Å². The van der Waals surface area contributed by atoms with Crippen LogP contribution < -0.4 is 14.8 Å². The molecule has 0 aliphatic carbocycles. The Balaban J connectivity index is 1.66. The number of amides is 1. The number of fused-ring (bicyclic) bond motifs is 2. The smallest absolute Gasteiger partial charge is 0.258 e. The average Bonchev–Trinajstić information content (AvgIpc) is 3.15. The molecule has 20 heavy (non-hydrogen) atoms. The molecule has 2 aromatic heterocycles. The molecule has 3 heterocycles. The van der Waals surface area contributed by atoms with Gasteiger partial charge in [-0.3, -0.25) is 10.1 Å². The molecule has 100 valence electrons. The normalized spacial score (nSPS) is 12.8. The molecule has 1 N–H and O–H groups in total. The minimum atomic E-state index is -0.148. The summed E-state index contributed by atoms with van der Waals surface area (Å²) >= 11 is 2.90. The molecule has 0 spiro atoms. The largest absolute Gasteiger partial charge is 0.454 e. The zero-order valence-electron chi connectivity index (χ0n) is 10.1.